The second kappa shape index (κ2) is 12.0. The van der Waals surface area contributed by atoms with Crippen molar-refractivity contribution in [3.63, 3.8) is 0 Å². The molecular weight excluding hydrogens is 537 g/mol. The van der Waals surface area contributed by atoms with E-state index < -0.39 is 9.84 Å². The Labute approximate surface area is 207 Å². The molecule has 1 aromatic heterocycles. The number of guanidine groups is 1. The SMILES string of the molecule is CN=C(NCCCS(=O)(=O)c1ccccc1)NCc1ccccc1-n1nc(C)cc1C.I. The molecule has 3 aromatic rings. The van der Waals surface area contributed by atoms with Crippen molar-refractivity contribution < 1.29 is 8.42 Å². The van der Waals surface area contributed by atoms with Crippen LogP contribution in [-0.2, 0) is 16.4 Å². The Morgan fingerprint density at radius 1 is 1.03 bits per heavy atom. The van der Waals surface area contributed by atoms with Crippen molar-refractivity contribution in [3.8, 4) is 5.69 Å². The van der Waals surface area contributed by atoms with Crippen LogP contribution in [0.4, 0.5) is 0 Å². The lowest BCUT2D eigenvalue weighted by molar-refractivity contribution is 0.592. The van der Waals surface area contributed by atoms with E-state index in [1.807, 2.05) is 48.9 Å². The number of benzene rings is 2. The van der Waals surface area contributed by atoms with Crippen molar-refractivity contribution in [2.24, 2.45) is 4.99 Å². The molecule has 32 heavy (non-hydrogen) atoms. The fourth-order valence-corrected chi connectivity index (χ4v) is 4.69. The normalized spacial score (nSPS) is 11.7. The Balaban J connectivity index is 0.00000363. The van der Waals surface area contributed by atoms with Crippen molar-refractivity contribution >= 4 is 39.8 Å². The van der Waals surface area contributed by atoms with Gasteiger partial charge < -0.3 is 10.6 Å². The molecule has 0 radical (unpaired) electrons. The van der Waals surface area contributed by atoms with Crippen LogP contribution in [0.25, 0.3) is 5.69 Å². The number of aliphatic imine (C=N–C) groups is 1. The molecule has 0 fully saturated rings. The second-order valence-electron chi connectivity index (χ2n) is 7.31. The minimum atomic E-state index is -3.27. The van der Waals surface area contributed by atoms with Gasteiger partial charge in [-0.15, -0.1) is 24.0 Å². The predicted octanol–water partition coefficient (Wildman–Crippen LogP) is 3.64. The third-order valence-corrected chi connectivity index (χ3v) is 6.70. The number of nitrogens with one attached hydrogen (secondary N) is 2. The van der Waals surface area contributed by atoms with Gasteiger partial charge in [0.05, 0.1) is 22.0 Å². The largest absolute Gasteiger partial charge is 0.356 e. The topological polar surface area (TPSA) is 88.4 Å². The van der Waals surface area contributed by atoms with E-state index in [0.717, 1.165) is 22.6 Å². The van der Waals surface area contributed by atoms with Gasteiger partial charge in [0.2, 0.25) is 0 Å². The number of aromatic nitrogens is 2. The number of sulfone groups is 1. The monoisotopic (exact) mass is 567 g/mol. The number of hydrogen-bond donors (Lipinski definition) is 2. The maximum atomic E-state index is 12.4. The molecule has 2 N–H and O–H groups in total. The van der Waals surface area contributed by atoms with Crippen molar-refractivity contribution in [1.82, 2.24) is 20.4 Å². The lowest BCUT2D eigenvalue weighted by atomic mass is 10.1. The maximum Gasteiger partial charge on any atom is 0.191 e. The van der Waals surface area contributed by atoms with Gasteiger partial charge >= 0.3 is 0 Å². The summed E-state index contributed by atoms with van der Waals surface area (Å²) in [4.78, 5) is 4.60. The number of halogens is 1. The fraction of sp³-hybridized carbons (Fsp3) is 0.304. The van der Waals surface area contributed by atoms with Gasteiger partial charge in [-0.05, 0) is 50.1 Å². The van der Waals surface area contributed by atoms with Crippen molar-refractivity contribution in [2.75, 3.05) is 19.3 Å². The molecule has 0 amide bonds. The molecule has 0 unspecified atom stereocenters. The molecule has 0 saturated carbocycles. The van der Waals surface area contributed by atoms with Gasteiger partial charge in [-0.25, -0.2) is 13.1 Å². The summed E-state index contributed by atoms with van der Waals surface area (Å²) in [7, 11) is -1.57. The summed E-state index contributed by atoms with van der Waals surface area (Å²) in [5.41, 5.74) is 4.16. The molecule has 3 rings (SSSR count). The highest BCUT2D eigenvalue weighted by Gasteiger charge is 2.13. The highest BCUT2D eigenvalue weighted by molar-refractivity contribution is 14.0. The molecule has 1 heterocycles. The van der Waals surface area contributed by atoms with E-state index in [0.29, 0.717) is 30.4 Å². The van der Waals surface area contributed by atoms with E-state index in [2.05, 4.69) is 26.8 Å². The summed E-state index contributed by atoms with van der Waals surface area (Å²) in [6.07, 6.45) is 0.486. The molecule has 2 aromatic carbocycles. The zero-order chi connectivity index (χ0) is 22.3. The van der Waals surface area contributed by atoms with Crippen LogP contribution < -0.4 is 10.6 Å². The van der Waals surface area contributed by atoms with Gasteiger partial charge in [0.25, 0.3) is 0 Å². The van der Waals surface area contributed by atoms with E-state index in [-0.39, 0.29) is 29.7 Å². The first-order chi connectivity index (χ1) is 14.9. The first kappa shape index (κ1) is 25.9. The number of aryl methyl sites for hydroxylation is 2. The summed E-state index contributed by atoms with van der Waals surface area (Å²) in [5, 5.41) is 11.1. The molecule has 0 spiro atoms. The van der Waals surface area contributed by atoms with E-state index in [9.17, 15) is 8.42 Å². The minimum absolute atomic E-state index is 0. The lowest BCUT2D eigenvalue weighted by Gasteiger charge is -2.15. The van der Waals surface area contributed by atoms with Gasteiger partial charge in [0.15, 0.2) is 15.8 Å². The number of hydrogen-bond acceptors (Lipinski definition) is 4. The number of rotatable bonds is 8. The van der Waals surface area contributed by atoms with Crippen LogP contribution in [0.3, 0.4) is 0 Å². The molecule has 0 atom stereocenters. The molecule has 9 heteroatoms. The average Bonchev–Trinajstić information content (AvgIpc) is 3.11. The quantitative estimate of drug-likeness (QED) is 0.188. The van der Waals surface area contributed by atoms with Gasteiger partial charge in [-0.1, -0.05) is 36.4 Å². The van der Waals surface area contributed by atoms with E-state index in [1.54, 1.807) is 31.3 Å². The van der Waals surface area contributed by atoms with Gasteiger partial charge in [0, 0.05) is 25.8 Å². The molecule has 0 aliphatic heterocycles. The summed E-state index contributed by atoms with van der Waals surface area (Å²) in [6, 6.07) is 18.7. The third-order valence-electron chi connectivity index (χ3n) is 4.88. The maximum absolute atomic E-state index is 12.4. The first-order valence-electron chi connectivity index (χ1n) is 10.2. The Morgan fingerprint density at radius 2 is 1.72 bits per heavy atom. The van der Waals surface area contributed by atoms with Crippen molar-refractivity contribution in [2.45, 2.75) is 31.7 Å². The Bertz CT molecular complexity index is 1140. The number of nitrogens with zero attached hydrogens (tertiary/aromatic N) is 3. The lowest BCUT2D eigenvalue weighted by Crippen LogP contribution is -2.38. The van der Waals surface area contributed by atoms with Gasteiger partial charge in [-0.2, -0.15) is 5.10 Å². The smallest absolute Gasteiger partial charge is 0.191 e. The Hall–Kier alpha value is -2.40. The second-order valence-corrected chi connectivity index (χ2v) is 9.41. The van der Waals surface area contributed by atoms with Crippen molar-refractivity contribution in [1.29, 1.82) is 0 Å². The minimum Gasteiger partial charge on any atom is -0.356 e. The molecule has 0 aliphatic rings. The molecule has 7 nitrogen and oxygen atoms in total. The predicted molar refractivity (Wildman–Crippen MR) is 140 cm³/mol. The fourth-order valence-electron chi connectivity index (χ4n) is 3.35. The molecule has 0 saturated heterocycles. The molecule has 0 aliphatic carbocycles. The standard InChI is InChI=1S/C23H29N5O2S.HI/c1-18-16-19(2)28(27-18)22-13-8-7-10-20(22)17-26-23(24-3)25-14-9-15-31(29,30)21-11-5-4-6-12-21;/h4-8,10-13,16H,9,14-15,17H2,1-3H3,(H2,24,25,26);1H. The van der Waals surface area contributed by atoms with Crippen LogP contribution in [0.1, 0.15) is 23.4 Å². The highest BCUT2D eigenvalue weighted by atomic mass is 127. The first-order valence-corrected chi connectivity index (χ1v) is 11.9. The van der Waals surface area contributed by atoms with Gasteiger partial charge in [-0.3, -0.25) is 4.99 Å². The van der Waals surface area contributed by atoms with E-state index in [1.165, 1.54) is 0 Å². The van der Waals surface area contributed by atoms with Crippen LogP contribution in [0, 0.1) is 13.8 Å². The van der Waals surface area contributed by atoms with Crippen LogP contribution in [0.2, 0.25) is 0 Å². The summed E-state index contributed by atoms with van der Waals surface area (Å²) in [6.45, 7) is 5.09. The zero-order valence-corrected chi connectivity index (χ0v) is 21.7. The molecular formula is C23H30IN5O2S. The summed E-state index contributed by atoms with van der Waals surface area (Å²) in [5.74, 6) is 0.710. The zero-order valence-electron chi connectivity index (χ0n) is 18.6. The summed E-state index contributed by atoms with van der Waals surface area (Å²) < 4.78 is 26.7. The molecule has 172 valence electrons. The van der Waals surface area contributed by atoms with Crippen LogP contribution in [-0.4, -0.2) is 43.5 Å². The number of para-hydroxylation sites is 1. The van der Waals surface area contributed by atoms with E-state index in [4.69, 9.17) is 0 Å². The van der Waals surface area contributed by atoms with Crippen molar-refractivity contribution in [3.05, 3.63) is 77.6 Å². The summed E-state index contributed by atoms with van der Waals surface area (Å²) >= 11 is 0. The third kappa shape index (κ3) is 6.80. The van der Waals surface area contributed by atoms with Gasteiger partial charge in [0.1, 0.15) is 0 Å². The Morgan fingerprint density at radius 3 is 2.38 bits per heavy atom. The molecule has 0 bridgehead atoms. The Kier molecular flexibility index (Phi) is 9.70. The van der Waals surface area contributed by atoms with Crippen LogP contribution in [0.15, 0.2) is 70.6 Å². The van der Waals surface area contributed by atoms with Crippen LogP contribution in [0.5, 0.6) is 0 Å². The highest BCUT2D eigenvalue weighted by Crippen LogP contribution is 2.17. The van der Waals surface area contributed by atoms with Crippen LogP contribution >= 0.6 is 24.0 Å². The van der Waals surface area contributed by atoms with E-state index >= 15 is 0 Å². The average molecular weight is 567 g/mol.